The number of anilines is 1. The monoisotopic (exact) mass is 440 g/mol. The predicted molar refractivity (Wildman–Crippen MR) is 95.2 cm³/mol. The number of nitrogens with two attached hydrogens (primary N) is 2. The maximum Gasteiger partial charge on any atom is 0.417 e. The van der Waals surface area contributed by atoms with E-state index in [-0.39, 0.29) is 28.7 Å². The second kappa shape index (κ2) is 8.87. The SMILES string of the molecule is FC(F)(F)c1cncc(Cl)c1.NC1=NC(c2cc(N)ccc2F)(C(F)F)COC1. The van der Waals surface area contributed by atoms with Crippen molar-refractivity contribution >= 4 is 23.1 Å². The van der Waals surface area contributed by atoms with Gasteiger partial charge in [-0.25, -0.2) is 13.2 Å². The van der Waals surface area contributed by atoms with Crippen LogP contribution in [-0.4, -0.2) is 30.5 Å². The number of aromatic nitrogens is 1. The molecular weight excluding hydrogens is 426 g/mol. The highest BCUT2D eigenvalue weighted by Crippen LogP contribution is 2.37. The van der Waals surface area contributed by atoms with E-state index in [1.54, 1.807) is 0 Å². The summed E-state index contributed by atoms with van der Waals surface area (Å²) in [5, 5.41) is -0.0141. The van der Waals surface area contributed by atoms with Crippen molar-refractivity contribution in [2.75, 3.05) is 18.9 Å². The molecule has 12 heteroatoms. The van der Waals surface area contributed by atoms with E-state index in [1.807, 2.05) is 0 Å². The third-order valence-corrected chi connectivity index (χ3v) is 3.97. The number of amidine groups is 1. The molecule has 2 aromatic rings. The van der Waals surface area contributed by atoms with E-state index in [1.165, 1.54) is 6.07 Å². The third kappa shape index (κ3) is 5.51. The number of rotatable bonds is 2. The van der Waals surface area contributed by atoms with Gasteiger partial charge in [-0.15, -0.1) is 0 Å². The number of benzene rings is 1. The number of hydrogen-bond acceptors (Lipinski definition) is 5. The van der Waals surface area contributed by atoms with Crippen LogP contribution < -0.4 is 11.5 Å². The Balaban J connectivity index is 0.000000234. The zero-order valence-corrected chi connectivity index (χ0v) is 15.3. The molecule has 158 valence electrons. The number of pyridine rings is 1. The van der Waals surface area contributed by atoms with Crippen LogP contribution in [0.3, 0.4) is 0 Å². The largest absolute Gasteiger partial charge is 0.417 e. The Kier molecular flexibility index (Phi) is 6.96. The maximum atomic E-state index is 13.7. The van der Waals surface area contributed by atoms with Gasteiger partial charge in [0.25, 0.3) is 6.43 Å². The van der Waals surface area contributed by atoms with Gasteiger partial charge < -0.3 is 16.2 Å². The molecule has 0 bridgehead atoms. The number of halogens is 7. The number of ether oxygens (including phenoxy) is 1. The van der Waals surface area contributed by atoms with Crippen LogP contribution in [0.25, 0.3) is 0 Å². The van der Waals surface area contributed by atoms with Crippen molar-refractivity contribution < 1.29 is 31.1 Å². The van der Waals surface area contributed by atoms with Gasteiger partial charge in [-0.2, -0.15) is 13.2 Å². The van der Waals surface area contributed by atoms with E-state index in [4.69, 9.17) is 27.8 Å². The molecule has 29 heavy (non-hydrogen) atoms. The van der Waals surface area contributed by atoms with E-state index >= 15 is 0 Å². The molecule has 5 nitrogen and oxygen atoms in total. The van der Waals surface area contributed by atoms with Crippen molar-refractivity contribution in [3.63, 3.8) is 0 Å². The van der Waals surface area contributed by atoms with Gasteiger partial charge in [-0.3, -0.25) is 9.98 Å². The molecule has 0 saturated heterocycles. The zero-order chi connectivity index (χ0) is 21.8. The van der Waals surface area contributed by atoms with Crippen LogP contribution in [-0.2, 0) is 16.5 Å². The minimum atomic E-state index is -4.36. The Hall–Kier alpha value is -2.53. The molecular formula is C17H15ClF6N4O. The van der Waals surface area contributed by atoms with Gasteiger partial charge in [0.15, 0.2) is 5.54 Å². The lowest BCUT2D eigenvalue weighted by molar-refractivity contribution is -0.137. The summed E-state index contributed by atoms with van der Waals surface area (Å²) >= 11 is 5.29. The average Bonchev–Trinajstić information content (AvgIpc) is 2.63. The molecule has 0 spiro atoms. The predicted octanol–water partition coefficient (Wildman–Crippen LogP) is 4.01. The van der Waals surface area contributed by atoms with E-state index < -0.39 is 36.1 Å². The Labute approximate surface area is 166 Å². The summed E-state index contributed by atoms with van der Waals surface area (Å²) in [6.07, 6.45) is -5.44. The lowest BCUT2D eigenvalue weighted by Gasteiger charge is -2.33. The summed E-state index contributed by atoms with van der Waals surface area (Å²) in [5.74, 6) is -0.907. The Bertz CT molecular complexity index is 892. The van der Waals surface area contributed by atoms with Crippen LogP contribution in [0.15, 0.2) is 41.7 Å². The fourth-order valence-electron chi connectivity index (χ4n) is 2.44. The molecule has 1 aliphatic heterocycles. The Morgan fingerprint density at radius 1 is 1.14 bits per heavy atom. The molecule has 0 saturated carbocycles. The van der Waals surface area contributed by atoms with Gasteiger partial charge in [0.1, 0.15) is 18.3 Å². The molecule has 2 heterocycles. The van der Waals surface area contributed by atoms with Crippen LogP contribution in [0.1, 0.15) is 11.1 Å². The number of nitrogens with zero attached hydrogens (tertiary/aromatic N) is 2. The van der Waals surface area contributed by atoms with Crippen molar-refractivity contribution in [2.45, 2.75) is 18.1 Å². The molecule has 0 amide bonds. The van der Waals surface area contributed by atoms with Crippen molar-refractivity contribution in [2.24, 2.45) is 10.7 Å². The van der Waals surface area contributed by atoms with Gasteiger partial charge in [-0.1, -0.05) is 11.6 Å². The third-order valence-electron chi connectivity index (χ3n) is 3.77. The van der Waals surface area contributed by atoms with Crippen LogP contribution in [0.5, 0.6) is 0 Å². The summed E-state index contributed by atoms with van der Waals surface area (Å²) in [7, 11) is 0. The number of hydrogen-bond donors (Lipinski definition) is 2. The molecule has 3 rings (SSSR count). The van der Waals surface area contributed by atoms with Gasteiger partial charge in [0.2, 0.25) is 0 Å². The molecule has 0 radical (unpaired) electrons. The first-order valence-corrected chi connectivity index (χ1v) is 8.27. The quantitative estimate of drug-likeness (QED) is 0.545. The molecule has 1 atom stereocenters. The lowest BCUT2D eigenvalue weighted by atomic mass is 9.90. The fourth-order valence-corrected chi connectivity index (χ4v) is 2.61. The average molecular weight is 441 g/mol. The molecule has 1 aromatic carbocycles. The highest BCUT2D eigenvalue weighted by molar-refractivity contribution is 6.30. The molecule has 1 unspecified atom stereocenters. The number of aliphatic imine (C=N–C) groups is 1. The van der Waals surface area contributed by atoms with Crippen molar-refractivity contribution in [1.29, 1.82) is 0 Å². The molecule has 4 N–H and O–H groups in total. The second-order valence-electron chi connectivity index (χ2n) is 5.95. The first-order chi connectivity index (χ1) is 13.5. The second-order valence-corrected chi connectivity index (χ2v) is 6.39. The molecule has 1 aromatic heterocycles. The highest BCUT2D eigenvalue weighted by atomic mass is 35.5. The van der Waals surface area contributed by atoms with E-state index in [9.17, 15) is 26.3 Å². The van der Waals surface area contributed by atoms with Crippen molar-refractivity contribution in [1.82, 2.24) is 4.98 Å². The topological polar surface area (TPSA) is 86.5 Å². The normalized spacial score (nSPS) is 19.4. The van der Waals surface area contributed by atoms with Crippen LogP contribution in [0.4, 0.5) is 32.0 Å². The standard InChI is InChI=1S/C11H12F3N3O.C6H3ClF3N/c12-8-2-1-6(15)3-7(8)11(10(13)14)5-18-4-9(16)17-11;7-5-1-4(2-11-3-5)6(8,9)10/h1-3,10H,4-5,15H2,(H2,16,17);1-3H. The summed E-state index contributed by atoms with van der Waals surface area (Å²) in [4.78, 5) is 7.01. The van der Waals surface area contributed by atoms with Crippen molar-refractivity contribution in [3.05, 3.63) is 58.6 Å². The Morgan fingerprint density at radius 3 is 2.34 bits per heavy atom. The fraction of sp³-hybridized carbons (Fsp3) is 0.294. The minimum Gasteiger partial charge on any atom is -0.399 e. The van der Waals surface area contributed by atoms with Gasteiger partial charge in [0, 0.05) is 23.6 Å². The van der Waals surface area contributed by atoms with Crippen LogP contribution in [0.2, 0.25) is 5.02 Å². The number of nitrogen functional groups attached to an aromatic ring is 1. The minimum absolute atomic E-state index is 0.0141. The summed E-state index contributed by atoms with van der Waals surface area (Å²) in [5.41, 5.74) is 7.82. The van der Waals surface area contributed by atoms with E-state index in [0.717, 1.165) is 30.6 Å². The molecule has 0 fully saturated rings. The first-order valence-electron chi connectivity index (χ1n) is 7.89. The number of alkyl halides is 5. The first kappa shape index (κ1) is 22.8. The van der Waals surface area contributed by atoms with E-state index in [2.05, 4.69) is 9.98 Å². The summed E-state index contributed by atoms with van der Waals surface area (Å²) < 4.78 is 80.9. The van der Waals surface area contributed by atoms with Crippen LogP contribution >= 0.6 is 11.6 Å². The molecule has 0 aliphatic carbocycles. The zero-order valence-electron chi connectivity index (χ0n) is 14.6. The lowest BCUT2D eigenvalue weighted by Crippen LogP contribution is -2.45. The van der Waals surface area contributed by atoms with E-state index in [0.29, 0.717) is 0 Å². The summed E-state index contributed by atoms with van der Waals surface area (Å²) in [6.45, 7) is -0.482. The molecule has 1 aliphatic rings. The van der Waals surface area contributed by atoms with Gasteiger partial charge in [-0.05, 0) is 24.3 Å². The smallest absolute Gasteiger partial charge is 0.399 e. The Morgan fingerprint density at radius 2 is 1.83 bits per heavy atom. The van der Waals surface area contributed by atoms with Gasteiger partial charge >= 0.3 is 6.18 Å². The summed E-state index contributed by atoms with van der Waals surface area (Å²) in [6, 6.07) is 4.27. The van der Waals surface area contributed by atoms with Crippen LogP contribution in [0, 0.1) is 5.82 Å². The highest BCUT2D eigenvalue weighted by Gasteiger charge is 2.46. The van der Waals surface area contributed by atoms with Gasteiger partial charge in [0.05, 0.1) is 17.2 Å². The maximum absolute atomic E-state index is 13.7. The van der Waals surface area contributed by atoms with Crippen molar-refractivity contribution in [3.8, 4) is 0 Å².